The first-order chi connectivity index (χ1) is 18.6. The van der Waals surface area contributed by atoms with Gasteiger partial charge >= 0.3 is 0 Å². The molecule has 8 nitrogen and oxygen atoms in total. The van der Waals surface area contributed by atoms with E-state index in [1.54, 1.807) is 30.3 Å². The average Bonchev–Trinajstić information content (AvgIpc) is 2.93. The van der Waals surface area contributed by atoms with Gasteiger partial charge in [0.05, 0.1) is 17.7 Å². The van der Waals surface area contributed by atoms with Gasteiger partial charge in [0.2, 0.25) is 11.8 Å². The number of anilines is 1. The zero-order chi connectivity index (χ0) is 28.6. The first-order valence-corrected chi connectivity index (χ1v) is 14.4. The van der Waals surface area contributed by atoms with Crippen molar-refractivity contribution in [2.24, 2.45) is 0 Å². The highest BCUT2D eigenvalue weighted by Crippen LogP contribution is 2.33. The Kier molecular flexibility index (Phi) is 10.1. The average molecular weight is 552 g/mol. The number of hydrogen-bond acceptors (Lipinski definition) is 5. The topological polar surface area (TPSA) is 96.0 Å². The molecule has 0 bridgehead atoms. The van der Waals surface area contributed by atoms with Gasteiger partial charge < -0.3 is 15.0 Å². The summed E-state index contributed by atoms with van der Waals surface area (Å²) in [5.41, 5.74) is 2.95. The van der Waals surface area contributed by atoms with Gasteiger partial charge in [0.15, 0.2) is 0 Å². The number of carbonyl (C=O) groups excluding carboxylic acids is 2. The molecule has 0 saturated heterocycles. The molecule has 2 amide bonds. The summed E-state index contributed by atoms with van der Waals surface area (Å²) in [6.45, 7) is 7.50. The lowest BCUT2D eigenvalue weighted by Gasteiger charge is -2.33. The minimum atomic E-state index is -4.17. The van der Waals surface area contributed by atoms with Crippen molar-refractivity contribution in [3.05, 3.63) is 89.5 Å². The van der Waals surface area contributed by atoms with E-state index >= 15 is 0 Å². The standard InChI is InChI=1S/C30H37N3O5S/c1-6-26(30(35)31-7-2)32(20-24-16-13-22(3)14-17-24)29(34)21-33(27-19-23(4)15-18-28(27)38-5)39(36,37)25-11-9-8-10-12-25/h8-19,26H,6-7,20-21H2,1-5H3,(H,31,35)/t26-/m0/s1. The summed E-state index contributed by atoms with van der Waals surface area (Å²) in [6, 6.07) is 20.0. The van der Waals surface area contributed by atoms with Crippen molar-refractivity contribution >= 4 is 27.5 Å². The number of likely N-dealkylation sites (N-methyl/N-ethyl adjacent to an activating group) is 1. The molecule has 0 aliphatic rings. The number of ether oxygens (including phenoxy) is 1. The summed E-state index contributed by atoms with van der Waals surface area (Å²) in [5.74, 6) is -0.475. The van der Waals surface area contributed by atoms with Crippen LogP contribution in [0.5, 0.6) is 5.75 Å². The van der Waals surface area contributed by atoms with Crippen molar-refractivity contribution in [2.45, 2.75) is 51.6 Å². The summed E-state index contributed by atoms with van der Waals surface area (Å²) in [4.78, 5) is 28.6. The Balaban J connectivity index is 2.11. The monoisotopic (exact) mass is 551 g/mol. The van der Waals surface area contributed by atoms with E-state index in [0.717, 1.165) is 21.0 Å². The summed E-state index contributed by atoms with van der Waals surface area (Å²) < 4.78 is 34.5. The lowest BCUT2D eigenvalue weighted by Crippen LogP contribution is -2.52. The number of aryl methyl sites for hydroxylation is 2. The molecule has 0 aliphatic carbocycles. The molecule has 0 aliphatic heterocycles. The molecule has 0 saturated carbocycles. The molecule has 39 heavy (non-hydrogen) atoms. The van der Waals surface area contributed by atoms with Gasteiger partial charge in [-0.25, -0.2) is 8.42 Å². The zero-order valence-corrected chi connectivity index (χ0v) is 24.0. The largest absolute Gasteiger partial charge is 0.495 e. The molecule has 0 fully saturated rings. The predicted molar refractivity (Wildman–Crippen MR) is 153 cm³/mol. The maximum Gasteiger partial charge on any atom is 0.264 e. The molecule has 208 valence electrons. The molecule has 3 rings (SSSR count). The number of nitrogens with one attached hydrogen (secondary N) is 1. The molecular formula is C30H37N3O5S. The Hall–Kier alpha value is -3.85. The van der Waals surface area contributed by atoms with Gasteiger partial charge in [0, 0.05) is 13.1 Å². The summed E-state index contributed by atoms with van der Waals surface area (Å²) in [7, 11) is -2.71. The molecule has 0 unspecified atom stereocenters. The summed E-state index contributed by atoms with van der Waals surface area (Å²) in [5, 5.41) is 2.81. The van der Waals surface area contributed by atoms with Crippen LogP contribution in [0.1, 0.15) is 37.0 Å². The van der Waals surface area contributed by atoms with E-state index in [9.17, 15) is 18.0 Å². The predicted octanol–water partition coefficient (Wildman–Crippen LogP) is 4.45. The molecule has 0 aromatic heterocycles. The van der Waals surface area contributed by atoms with Gasteiger partial charge in [-0.3, -0.25) is 13.9 Å². The second-order valence-electron chi connectivity index (χ2n) is 9.33. The van der Waals surface area contributed by atoms with Crippen molar-refractivity contribution in [3.63, 3.8) is 0 Å². The highest BCUT2D eigenvalue weighted by molar-refractivity contribution is 7.92. The van der Waals surface area contributed by atoms with Crippen LogP contribution in [-0.2, 0) is 26.2 Å². The van der Waals surface area contributed by atoms with E-state index in [1.165, 1.54) is 24.1 Å². The Morgan fingerprint density at radius 1 is 0.923 bits per heavy atom. The van der Waals surface area contributed by atoms with Crippen molar-refractivity contribution in [3.8, 4) is 5.75 Å². The molecule has 0 radical (unpaired) electrons. The van der Waals surface area contributed by atoms with Crippen LogP contribution in [0.3, 0.4) is 0 Å². The Morgan fingerprint density at radius 3 is 2.15 bits per heavy atom. The van der Waals surface area contributed by atoms with Crippen molar-refractivity contribution in [2.75, 3.05) is 24.5 Å². The highest BCUT2D eigenvalue weighted by Gasteiger charge is 2.34. The van der Waals surface area contributed by atoms with Crippen molar-refractivity contribution in [1.29, 1.82) is 0 Å². The number of methoxy groups -OCH3 is 1. The molecule has 3 aromatic rings. The van der Waals surface area contributed by atoms with Crippen LogP contribution in [0.2, 0.25) is 0 Å². The fourth-order valence-electron chi connectivity index (χ4n) is 4.33. The number of amides is 2. The van der Waals surface area contributed by atoms with Crippen LogP contribution in [0.15, 0.2) is 77.7 Å². The number of carbonyl (C=O) groups is 2. The van der Waals surface area contributed by atoms with Gasteiger partial charge in [-0.05, 0) is 62.6 Å². The second kappa shape index (κ2) is 13.3. The van der Waals surface area contributed by atoms with Crippen LogP contribution in [0.25, 0.3) is 0 Å². The zero-order valence-electron chi connectivity index (χ0n) is 23.2. The maximum absolute atomic E-state index is 14.1. The van der Waals surface area contributed by atoms with Gasteiger partial charge in [0.1, 0.15) is 18.3 Å². The minimum absolute atomic E-state index is 0.0437. The van der Waals surface area contributed by atoms with E-state index in [1.807, 2.05) is 58.0 Å². The molecule has 9 heteroatoms. The minimum Gasteiger partial charge on any atom is -0.495 e. The Bertz CT molecular complexity index is 1380. The molecule has 3 aromatic carbocycles. The first kappa shape index (κ1) is 29.7. The van der Waals surface area contributed by atoms with Crippen LogP contribution in [-0.4, -0.2) is 51.4 Å². The molecule has 0 heterocycles. The quantitative estimate of drug-likeness (QED) is 0.359. The van der Waals surface area contributed by atoms with E-state index in [-0.39, 0.29) is 23.0 Å². The highest BCUT2D eigenvalue weighted by atomic mass is 32.2. The first-order valence-electron chi connectivity index (χ1n) is 13.0. The van der Waals surface area contributed by atoms with E-state index in [2.05, 4.69) is 5.32 Å². The second-order valence-corrected chi connectivity index (χ2v) is 11.2. The smallest absolute Gasteiger partial charge is 0.264 e. The summed E-state index contributed by atoms with van der Waals surface area (Å²) >= 11 is 0. The number of benzene rings is 3. The van der Waals surface area contributed by atoms with E-state index in [0.29, 0.717) is 18.7 Å². The fraction of sp³-hybridized carbons (Fsp3) is 0.333. The van der Waals surface area contributed by atoms with Crippen LogP contribution in [0, 0.1) is 13.8 Å². The van der Waals surface area contributed by atoms with Gasteiger partial charge in [-0.15, -0.1) is 0 Å². The normalized spacial score (nSPS) is 11.9. The van der Waals surface area contributed by atoms with Crippen molar-refractivity contribution < 1.29 is 22.7 Å². The van der Waals surface area contributed by atoms with Crippen LogP contribution in [0.4, 0.5) is 5.69 Å². The Labute approximate surface area is 231 Å². The number of nitrogens with zero attached hydrogens (tertiary/aromatic N) is 2. The SMILES string of the molecule is CCNC(=O)[C@H](CC)N(Cc1ccc(C)cc1)C(=O)CN(c1cc(C)ccc1OC)S(=O)(=O)c1ccccc1. The maximum atomic E-state index is 14.1. The van der Waals surface area contributed by atoms with Crippen molar-refractivity contribution in [1.82, 2.24) is 10.2 Å². The third-order valence-corrected chi connectivity index (χ3v) is 8.20. The fourth-order valence-corrected chi connectivity index (χ4v) is 5.77. The molecule has 0 spiro atoms. The van der Waals surface area contributed by atoms with Gasteiger partial charge in [-0.1, -0.05) is 61.0 Å². The number of hydrogen-bond donors (Lipinski definition) is 1. The lowest BCUT2D eigenvalue weighted by atomic mass is 10.1. The lowest BCUT2D eigenvalue weighted by molar-refractivity contribution is -0.140. The van der Waals surface area contributed by atoms with Crippen LogP contribution < -0.4 is 14.4 Å². The van der Waals surface area contributed by atoms with Gasteiger partial charge in [-0.2, -0.15) is 0 Å². The molecule has 1 N–H and O–H groups in total. The third-order valence-electron chi connectivity index (χ3n) is 6.42. The molecular weight excluding hydrogens is 514 g/mol. The van der Waals surface area contributed by atoms with Gasteiger partial charge in [0.25, 0.3) is 10.0 Å². The third kappa shape index (κ3) is 7.17. The summed E-state index contributed by atoms with van der Waals surface area (Å²) in [6.07, 6.45) is 0.364. The van der Waals surface area contributed by atoms with E-state index in [4.69, 9.17) is 4.74 Å². The molecule has 1 atom stereocenters. The number of rotatable bonds is 12. The van der Waals surface area contributed by atoms with Crippen LogP contribution >= 0.6 is 0 Å². The van der Waals surface area contributed by atoms with E-state index < -0.39 is 28.5 Å². The Morgan fingerprint density at radius 2 is 1.56 bits per heavy atom. The number of sulfonamides is 1.